The van der Waals surface area contributed by atoms with Gasteiger partial charge in [-0.2, -0.15) is 0 Å². The lowest BCUT2D eigenvalue weighted by molar-refractivity contribution is 0.940. The third-order valence-corrected chi connectivity index (χ3v) is 2.88. The van der Waals surface area contributed by atoms with Crippen LogP contribution in [0, 0.1) is 0 Å². The molecule has 0 aliphatic rings. The van der Waals surface area contributed by atoms with Crippen LogP contribution < -0.4 is 0 Å². The monoisotopic (exact) mass is 226 g/mol. The molecule has 0 aliphatic carbocycles. The molecular formula is C8H7ClN4S. The average molecular weight is 227 g/mol. The SMILES string of the molecule is C/N=C/c1[nH]nnc1-c1ccc(Cl)s1. The number of nitrogens with zero attached hydrogens (tertiary/aromatic N) is 3. The summed E-state index contributed by atoms with van der Waals surface area (Å²) in [6.45, 7) is 0. The highest BCUT2D eigenvalue weighted by Crippen LogP contribution is 2.30. The normalized spacial score (nSPS) is 11.3. The molecule has 0 radical (unpaired) electrons. The van der Waals surface area contributed by atoms with Gasteiger partial charge in [0.15, 0.2) is 0 Å². The van der Waals surface area contributed by atoms with Crippen molar-refractivity contribution in [2.24, 2.45) is 4.99 Å². The lowest BCUT2D eigenvalue weighted by atomic mass is 10.3. The van der Waals surface area contributed by atoms with Crippen molar-refractivity contribution in [3.63, 3.8) is 0 Å². The second-order valence-corrected chi connectivity index (χ2v) is 4.28. The van der Waals surface area contributed by atoms with Gasteiger partial charge in [-0.25, -0.2) is 0 Å². The number of aromatic nitrogens is 3. The zero-order valence-electron chi connectivity index (χ0n) is 7.36. The zero-order valence-corrected chi connectivity index (χ0v) is 8.93. The van der Waals surface area contributed by atoms with Gasteiger partial charge in [-0.1, -0.05) is 16.8 Å². The topological polar surface area (TPSA) is 53.9 Å². The zero-order chi connectivity index (χ0) is 9.97. The summed E-state index contributed by atoms with van der Waals surface area (Å²) in [7, 11) is 1.70. The first kappa shape index (κ1) is 9.36. The average Bonchev–Trinajstić information content (AvgIpc) is 2.74. The Morgan fingerprint density at radius 1 is 1.57 bits per heavy atom. The van der Waals surface area contributed by atoms with Crippen LogP contribution in [0.15, 0.2) is 17.1 Å². The molecule has 4 nitrogen and oxygen atoms in total. The number of rotatable bonds is 2. The molecule has 14 heavy (non-hydrogen) atoms. The fraction of sp³-hybridized carbons (Fsp3) is 0.125. The van der Waals surface area contributed by atoms with E-state index >= 15 is 0 Å². The third-order valence-electron chi connectivity index (χ3n) is 1.64. The van der Waals surface area contributed by atoms with Crippen LogP contribution in [-0.4, -0.2) is 28.7 Å². The minimum Gasteiger partial charge on any atom is -0.294 e. The molecule has 2 rings (SSSR count). The standard InChI is InChI=1S/C8H7ClN4S/c1-10-4-5-8(12-13-11-5)6-2-3-7(9)14-6/h2-4H,1H3,(H,11,12,13)/b10-4+. The first-order valence-electron chi connectivity index (χ1n) is 3.90. The van der Waals surface area contributed by atoms with Crippen LogP contribution in [0.25, 0.3) is 10.6 Å². The predicted octanol–water partition coefficient (Wildman–Crippen LogP) is 2.24. The van der Waals surface area contributed by atoms with Crippen molar-refractivity contribution < 1.29 is 0 Å². The van der Waals surface area contributed by atoms with Crippen LogP contribution in [0.1, 0.15) is 5.69 Å². The lowest BCUT2D eigenvalue weighted by Gasteiger charge is -1.89. The molecule has 0 atom stereocenters. The van der Waals surface area contributed by atoms with E-state index < -0.39 is 0 Å². The summed E-state index contributed by atoms with van der Waals surface area (Å²) in [6.07, 6.45) is 1.68. The molecule has 72 valence electrons. The number of thiophene rings is 1. The Morgan fingerprint density at radius 2 is 2.43 bits per heavy atom. The van der Waals surface area contributed by atoms with Crippen LogP contribution in [0.5, 0.6) is 0 Å². The summed E-state index contributed by atoms with van der Waals surface area (Å²) in [6, 6.07) is 3.75. The van der Waals surface area contributed by atoms with Gasteiger partial charge in [-0.15, -0.1) is 16.4 Å². The largest absolute Gasteiger partial charge is 0.294 e. The Balaban J connectivity index is 2.46. The van der Waals surface area contributed by atoms with Gasteiger partial charge in [0.05, 0.1) is 9.21 Å². The second-order valence-electron chi connectivity index (χ2n) is 2.57. The van der Waals surface area contributed by atoms with Gasteiger partial charge in [-0.3, -0.25) is 10.1 Å². The van der Waals surface area contributed by atoms with Crippen LogP contribution in [-0.2, 0) is 0 Å². The molecule has 0 unspecified atom stereocenters. The minimum absolute atomic E-state index is 0.738. The number of H-pyrrole nitrogens is 1. The quantitative estimate of drug-likeness (QED) is 0.799. The van der Waals surface area contributed by atoms with Crippen molar-refractivity contribution >= 4 is 29.2 Å². The smallest absolute Gasteiger partial charge is 0.131 e. The van der Waals surface area contributed by atoms with Crippen molar-refractivity contribution in [1.29, 1.82) is 0 Å². The van der Waals surface area contributed by atoms with E-state index in [1.54, 1.807) is 13.3 Å². The molecule has 0 spiro atoms. The molecule has 0 amide bonds. The Kier molecular flexibility index (Phi) is 2.60. The Morgan fingerprint density at radius 3 is 3.07 bits per heavy atom. The maximum absolute atomic E-state index is 5.83. The van der Waals surface area contributed by atoms with E-state index in [9.17, 15) is 0 Å². The van der Waals surface area contributed by atoms with E-state index in [4.69, 9.17) is 11.6 Å². The highest BCUT2D eigenvalue weighted by atomic mass is 35.5. The van der Waals surface area contributed by atoms with Crippen molar-refractivity contribution in [2.45, 2.75) is 0 Å². The Labute approximate surface area is 89.6 Å². The summed E-state index contributed by atoms with van der Waals surface area (Å²) in [5.74, 6) is 0. The van der Waals surface area contributed by atoms with Gasteiger partial charge >= 0.3 is 0 Å². The van der Waals surface area contributed by atoms with Crippen molar-refractivity contribution in [1.82, 2.24) is 15.4 Å². The second kappa shape index (κ2) is 3.89. The van der Waals surface area contributed by atoms with Gasteiger partial charge in [0, 0.05) is 13.3 Å². The fourth-order valence-electron chi connectivity index (χ4n) is 1.08. The summed E-state index contributed by atoms with van der Waals surface area (Å²) < 4.78 is 0.738. The van der Waals surface area contributed by atoms with E-state index in [-0.39, 0.29) is 0 Å². The predicted molar refractivity (Wildman–Crippen MR) is 58.2 cm³/mol. The van der Waals surface area contributed by atoms with E-state index in [0.29, 0.717) is 0 Å². The molecule has 0 fully saturated rings. The number of halogens is 1. The van der Waals surface area contributed by atoms with Crippen LogP contribution in [0.4, 0.5) is 0 Å². The van der Waals surface area contributed by atoms with Crippen molar-refractivity contribution in [2.75, 3.05) is 7.05 Å². The fourth-order valence-corrected chi connectivity index (χ4v) is 2.12. The van der Waals surface area contributed by atoms with E-state index in [1.165, 1.54) is 11.3 Å². The Hall–Kier alpha value is -1.20. The third kappa shape index (κ3) is 1.69. The first-order chi connectivity index (χ1) is 6.81. The molecular weight excluding hydrogens is 220 g/mol. The summed E-state index contributed by atoms with van der Waals surface area (Å²) in [5, 5.41) is 10.5. The van der Waals surface area contributed by atoms with Gasteiger partial charge in [0.2, 0.25) is 0 Å². The van der Waals surface area contributed by atoms with Gasteiger partial charge in [-0.05, 0) is 12.1 Å². The molecule has 6 heteroatoms. The highest BCUT2D eigenvalue weighted by molar-refractivity contribution is 7.19. The molecule has 0 aliphatic heterocycles. The summed E-state index contributed by atoms with van der Waals surface area (Å²) in [5.41, 5.74) is 1.58. The van der Waals surface area contributed by atoms with E-state index in [2.05, 4.69) is 20.4 Å². The molecule has 0 bridgehead atoms. The molecule has 2 aromatic rings. The highest BCUT2D eigenvalue weighted by Gasteiger charge is 2.09. The van der Waals surface area contributed by atoms with Crippen LogP contribution in [0.2, 0.25) is 4.34 Å². The molecule has 1 N–H and O–H groups in total. The molecule has 2 heterocycles. The Bertz CT molecular complexity index is 459. The van der Waals surface area contributed by atoms with Crippen LogP contribution in [0.3, 0.4) is 0 Å². The van der Waals surface area contributed by atoms with Gasteiger partial charge < -0.3 is 0 Å². The number of nitrogens with one attached hydrogen (secondary N) is 1. The molecule has 0 saturated carbocycles. The van der Waals surface area contributed by atoms with Crippen molar-refractivity contribution in [3.8, 4) is 10.6 Å². The van der Waals surface area contributed by atoms with E-state index in [0.717, 1.165) is 20.6 Å². The summed E-state index contributed by atoms with van der Waals surface area (Å²) >= 11 is 7.30. The maximum atomic E-state index is 5.83. The lowest BCUT2D eigenvalue weighted by Crippen LogP contribution is -1.84. The number of aliphatic imine (C=N–C) groups is 1. The number of hydrogen-bond acceptors (Lipinski definition) is 4. The van der Waals surface area contributed by atoms with Crippen molar-refractivity contribution in [3.05, 3.63) is 22.2 Å². The minimum atomic E-state index is 0.738. The van der Waals surface area contributed by atoms with Gasteiger partial charge in [0.25, 0.3) is 0 Å². The van der Waals surface area contributed by atoms with E-state index in [1.807, 2.05) is 12.1 Å². The summed E-state index contributed by atoms with van der Waals surface area (Å²) in [4.78, 5) is 4.89. The van der Waals surface area contributed by atoms with Gasteiger partial charge in [0.1, 0.15) is 11.4 Å². The molecule has 0 saturated heterocycles. The number of hydrogen-bond donors (Lipinski definition) is 1. The number of aromatic amines is 1. The molecule has 0 aromatic carbocycles. The maximum Gasteiger partial charge on any atom is 0.131 e. The molecule has 2 aromatic heterocycles. The first-order valence-corrected chi connectivity index (χ1v) is 5.09. The van der Waals surface area contributed by atoms with Crippen LogP contribution >= 0.6 is 22.9 Å².